The zero-order chi connectivity index (χ0) is 16.3. The molecule has 1 aromatic carbocycles. The summed E-state index contributed by atoms with van der Waals surface area (Å²) < 4.78 is 31.1. The molecule has 0 saturated carbocycles. The fourth-order valence-corrected chi connectivity index (χ4v) is 2.00. The van der Waals surface area contributed by atoms with Gasteiger partial charge in [-0.25, -0.2) is 13.6 Å². The molecule has 2 N–H and O–H groups in total. The van der Waals surface area contributed by atoms with Crippen LogP contribution in [0.15, 0.2) is 27.5 Å². The van der Waals surface area contributed by atoms with Gasteiger partial charge in [0, 0.05) is 24.6 Å². The average molecular weight is 311 g/mol. The van der Waals surface area contributed by atoms with Crippen LogP contribution in [0.5, 0.6) is 0 Å². The van der Waals surface area contributed by atoms with Crippen molar-refractivity contribution in [3.8, 4) is 0 Å². The van der Waals surface area contributed by atoms with Gasteiger partial charge in [0.1, 0.15) is 11.6 Å². The van der Waals surface area contributed by atoms with Crippen molar-refractivity contribution in [2.45, 2.75) is 25.7 Å². The molecule has 0 aliphatic rings. The van der Waals surface area contributed by atoms with Crippen LogP contribution in [0.2, 0.25) is 0 Å². The van der Waals surface area contributed by atoms with Crippen LogP contribution in [-0.4, -0.2) is 22.6 Å². The largest absolute Gasteiger partial charge is 0.438 e. The Kier molecular flexibility index (Phi) is 4.39. The summed E-state index contributed by atoms with van der Waals surface area (Å²) in [6.45, 7) is 3.26. The molecule has 0 unspecified atom stereocenters. The molecular weight excluding hydrogens is 296 g/mol. The zero-order valence-electron chi connectivity index (χ0n) is 12.1. The first-order valence-corrected chi connectivity index (χ1v) is 6.59. The molecular formula is C14H15F2N3O3. The number of benzene rings is 1. The SMILES string of the molecule is CC(C)(C(=O)NCCc1noc(=O)[nH]1)c1ccc(F)cc1F. The fraction of sp³-hybridized carbons (Fsp3) is 0.357. The normalized spacial score (nSPS) is 11.5. The first kappa shape index (κ1) is 15.9. The number of nitrogens with zero attached hydrogens (tertiary/aromatic N) is 1. The lowest BCUT2D eigenvalue weighted by atomic mass is 9.83. The third-order valence-electron chi connectivity index (χ3n) is 3.30. The Labute approximate surface area is 124 Å². The van der Waals surface area contributed by atoms with Gasteiger partial charge in [-0.3, -0.25) is 14.3 Å². The van der Waals surface area contributed by atoms with E-state index < -0.39 is 28.7 Å². The van der Waals surface area contributed by atoms with Crippen LogP contribution in [0, 0.1) is 11.6 Å². The Morgan fingerprint density at radius 3 is 2.73 bits per heavy atom. The molecule has 2 rings (SSSR count). The van der Waals surface area contributed by atoms with Crippen LogP contribution in [0.3, 0.4) is 0 Å². The molecule has 1 aromatic heterocycles. The van der Waals surface area contributed by atoms with E-state index in [1.54, 1.807) is 0 Å². The van der Waals surface area contributed by atoms with E-state index in [-0.39, 0.29) is 18.5 Å². The van der Waals surface area contributed by atoms with Crippen molar-refractivity contribution >= 4 is 5.91 Å². The van der Waals surface area contributed by atoms with Gasteiger partial charge < -0.3 is 5.32 Å². The number of aromatic amines is 1. The molecule has 2 aromatic rings. The second kappa shape index (κ2) is 6.08. The van der Waals surface area contributed by atoms with Crippen LogP contribution >= 0.6 is 0 Å². The van der Waals surface area contributed by atoms with Crippen LogP contribution < -0.4 is 11.1 Å². The number of aromatic nitrogens is 2. The Morgan fingerprint density at radius 2 is 2.14 bits per heavy atom. The van der Waals surface area contributed by atoms with Crippen molar-refractivity contribution in [3.63, 3.8) is 0 Å². The monoisotopic (exact) mass is 311 g/mol. The number of carbonyl (C=O) groups is 1. The average Bonchev–Trinajstić information content (AvgIpc) is 2.83. The third-order valence-corrected chi connectivity index (χ3v) is 3.30. The van der Waals surface area contributed by atoms with Crippen LogP contribution in [0.25, 0.3) is 0 Å². The van der Waals surface area contributed by atoms with Crippen LogP contribution in [-0.2, 0) is 16.6 Å². The van der Waals surface area contributed by atoms with Crippen molar-refractivity contribution < 1.29 is 18.1 Å². The maximum absolute atomic E-state index is 13.8. The number of H-pyrrole nitrogens is 1. The topological polar surface area (TPSA) is 88.0 Å². The highest BCUT2D eigenvalue weighted by atomic mass is 19.1. The van der Waals surface area contributed by atoms with Crippen molar-refractivity contribution in [1.29, 1.82) is 0 Å². The predicted molar refractivity (Wildman–Crippen MR) is 73.2 cm³/mol. The van der Waals surface area contributed by atoms with E-state index in [9.17, 15) is 18.4 Å². The molecule has 22 heavy (non-hydrogen) atoms. The summed E-state index contributed by atoms with van der Waals surface area (Å²) in [6, 6.07) is 3.09. The maximum atomic E-state index is 13.8. The lowest BCUT2D eigenvalue weighted by molar-refractivity contribution is -0.125. The highest BCUT2D eigenvalue weighted by Gasteiger charge is 2.32. The first-order valence-electron chi connectivity index (χ1n) is 6.59. The van der Waals surface area contributed by atoms with Crippen LogP contribution in [0.4, 0.5) is 8.78 Å². The number of nitrogens with one attached hydrogen (secondary N) is 2. The molecule has 0 atom stereocenters. The molecule has 0 radical (unpaired) electrons. The van der Waals surface area contributed by atoms with Crippen molar-refractivity contribution in [1.82, 2.24) is 15.5 Å². The van der Waals surface area contributed by atoms with Gasteiger partial charge in [0.2, 0.25) is 5.91 Å². The standard InChI is InChI=1S/C14H15F2N3O3/c1-14(2,9-4-3-8(15)7-10(9)16)12(20)17-6-5-11-18-13(21)22-19-11/h3-4,7H,5-6H2,1-2H3,(H,17,20)(H,18,19,21). The number of rotatable bonds is 5. The minimum Gasteiger partial charge on any atom is -0.355 e. The summed E-state index contributed by atoms with van der Waals surface area (Å²) in [4.78, 5) is 25.3. The van der Waals surface area contributed by atoms with Crippen molar-refractivity contribution in [2.75, 3.05) is 6.54 Å². The lowest BCUT2D eigenvalue weighted by Gasteiger charge is -2.24. The summed E-state index contributed by atoms with van der Waals surface area (Å²) in [5.74, 6) is -2.27. The zero-order valence-corrected chi connectivity index (χ0v) is 12.1. The number of hydrogen-bond acceptors (Lipinski definition) is 4. The predicted octanol–water partition coefficient (Wildman–Crippen LogP) is 1.28. The molecule has 0 saturated heterocycles. The van der Waals surface area contributed by atoms with E-state index in [0.717, 1.165) is 12.1 Å². The van der Waals surface area contributed by atoms with Crippen LogP contribution in [0.1, 0.15) is 25.2 Å². The molecule has 6 nitrogen and oxygen atoms in total. The van der Waals surface area contributed by atoms with Gasteiger partial charge in [-0.1, -0.05) is 11.2 Å². The van der Waals surface area contributed by atoms with Crippen molar-refractivity contribution in [3.05, 3.63) is 51.8 Å². The van der Waals surface area contributed by atoms with Gasteiger partial charge >= 0.3 is 5.76 Å². The molecule has 0 bridgehead atoms. The molecule has 0 fully saturated rings. The van der Waals surface area contributed by atoms with Gasteiger partial charge in [0.25, 0.3) is 0 Å². The molecule has 0 aliphatic heterocycles. The summed E-state index contributed by atoms with van der Waals surface area (Å²) in [5, 5.41) is 6.08. The minimum absolute atomic E-state index is 0.0984. The smallest absolute Gasteiger partial charge is 0.355 e. The fourth-order valence-electron chi connectivity index (χ4n) is 2.00. The molecule has 118 valence electrons. The second-order valence-corrected chi connectivity index (χ2v) is 5.30. The van der Waals surface area contributed by atoms with Crippen molar-refractivity contribution in [2.24, 2.45) is 0 Å². The van der Waals surface area contributed by atoms with E-state index in [2.05, 4.69) is 20.0 Å². The highest BCUT2D eigenvalue weighted by molar-refractivity contribution is 5.87. The van der Waals surface area contributed by atoms with Gasteiger partial charge in [0.15, 0.2) is 5.82 Å². The Bertz CT molecular complexity index is 737. The number of amides is 1. The number of carbonyl (C=O) groups excluding carboxylic acids is 1. The summed E-state index contributed by atoms with van der Waals surface area (Å²) in [7, 11) is 0. The van der Waals surface area contributed by atoms with Gasteiger partial charge in [-0.05, 0) is 19.9 Å². The summed E-state index contributed by atoms with van der Waals surface area (Å²) >= 11 is 0. The molecule has 0 spiro atoms. The third kappa shape index (κ3) is 3.38. The van der Waals surface area contributed by atoms with E-state index in [4.69, 9.17) is 0 Å². The van der Waals surface area contributed by atoms with Gasteiger partial charge in [-0.15, -0.1) is 0 Å². The Morgan fingerprint density at radius 1 is 1.41 bits per heavy atom. The van der Waals surface area contributed by atoms with E-state index in [1.165, 1.54) is 19.9 Å². The van der Waals surface area contributed by atoms with E-state index in [1.807, 2.05) is 0 Å². The number of halogens is 2. The van der Waals surface area contributed by atoms with Gasteiger partial charge in [-0.2, -0.15) is 0 Å². The number of hydrogen-bond donors (Lipinski definition) is 2. The molecule has 1 amide bonds. The molecule has 0 aliphatic carbocycles. The maximum Gasteiger partial charge on any atom is 0.438 e. The Hall–Kier alpha value is -2.51. The Balaban J connectivity index is 2.02. The van der Waals surface area contributed by atoms with E-state index in [0.29, 0.717) is 5.82 Å². The van der Waals surface area contributed by atoms with E-state index >= 15 is 0 Å². The van der Waals surface area contributed by atoms with Gasteiger partial charge in [0.05, 0.1) is 5.41 Å². The second-order valence-electron chi connectivity index (χ2n) is 5.30. The minimum atomic E-state index is -1.17. The summed E-state index contributed by atoms with van der Waals surface area (Å²) in [5.41, 5.74) is -1.07. The summed E-state index contributed by atoms with van der Waals surface area (Å²) in [6.07, 6.45) is 0.263. The lowest BCUT2D eigenvalue weighted by Crippen LogP contribution is -2.41. The first-order chi connectivity index (χ1) is 10.3. The molecule has 8 heteroatoms. The highest BCUT2D eigenvalue weighted by Crippen LogP contribution is 2.26. The quantitative estimate of drug-likeness (QED) is 0.870. The molecule has 1 heterocycles.